The van der Waals surface area contributed by atoms with E-state index in [4.69, 9.17) is 25.5 Å². The largest absolute Gasteiger partial charge is 0.493 e. The molecule has 2 aromatic carbocycles. The van der Waals surface area contributed by atoms with E-state index in [0.717, 1.165) is 11.8 Å². The third kappa shape index (κ3) is 3.58. The lowest BCUT2D eigenvalue weighted by Crippen LogP contribution is -1.98. The molecular formula is C18H14ClNO4. The van der Waals surface area contributed by atoms with Gasteiger partial charge in [-0.1, -0.05) is 11.6 Å². The summed E-state index contributed by atoms with van der Waals surface area (Å²) >= 11 is 5.87. The molecule has 0 radical (unpaired) electrons. The normalized spacial score (nSPS) is 10.4. The number of oxazole rings is 1. The lowest BCUT2D eigenvalue weighted by Gasteiger charge is -2.09. The zero-order valence-corrected chi connectivity index (χ0v) is 13.6. The Bertz CT molecular complexity index is 842. The molecule has 5 nitrogen and oxygen atoms in total. The van der Waals surface area contributed by atoms with Crippen molar-refractivity contribution in [1.82, 2.24) is 4.98 Å². The van der Waals surface area contributed by atoms with E-state index >= 15 is 0 Å². The summed E-state index contributed by atoms with van der Waals surface area (Å²) in [6, 6.07) is 12.2. The maximum absolute atomic E-state index is 10.8. The number of nitrogens with zero attached hydrogens (tertiary/aromatic N) is 1. The standard InChI is InChI=1S/C18H14ClNO4/c1-22-17-8-12(9-21)2-7-16(17)23-10-15-11-24-18(20-15)13-3-5-14(19)6-4-13/h2-9,11H,10H2,1H3. The van der Waals surface area contributed by atoms with E-state index in [9.17, 15) is 4.79 Å². The summed E-state index contributed by atoms with van der Waals surface area (Å²) in [5.74, 6) is 1.51. The number of carbonyl (C=O) groups excluding carboxylic acids is 1. The zero-order valence-electron chi connectivity index (χ0n) is 12.9. The van der Waals surface area contributed by atoms with Crippen LogP contribution in [0.1, 0.15) is 16.1 Å². The number of hydrogen-bond donors (Lipinski definition) is 0. The Morgan fingerprint density at radius 3 is 2.67 bits per heavy atom. The maximum atomic E-state index is 10.8. The minimum absolute atomic E-state index is 0.216. The number of methoxy groups -OCH3 is 1. The number of aromatic nitrogens is 1. The van der Waals surface area contributed by atoms with Gasteiger partial charge in [-0.25, -0.2) is 4.98 Å². The summed E-state index contributed by atoms with van der Waals surface area (Å²) < 4.78 is 16.4. The third-order valence-electron chi connectivity index (χ3n) is 3.34. The van der Waals surface area contributed by atoms with E-state index < -0.39 is 0 Å². The Hall–Kier alpha value is -2.79. The first-order chi connectivity index (χ1) is 11.7. The first-order valence-corrected chi connectivity index (χ1v) is 7.54. The topological polar surface area (TPSA) is 61.6 Å². The van der Waals surface area contributed by atoms with Gasteiger partial charge in [0, 0.05) is 16.1 Å². The van der Waals surface area contributed by atoms with Crippen molar-refractivity contribution in [2.75, 3.05) is 7.11 Å². The number of rotatable bonds is 6. The Kier molecular flexibility index (Phi) is 4.82. The van der Waals surface area contributed by atoms with Crippen molar-refractivity contribution in [1.29, 1.82) is 0 Å². The van der Waals surface area contributed by atoms with Gasteiger partial charge in [-0.05, 0) is 42.5 Å². The minimum atomic E-state index is 0.216. The van der Waals surface area contributed by atoms with Crippen molar-refractivity contribution in [3.63, 3.8) is 0 Å². The van der Waals surface area contributed by atoms with Crippen molar-refractivity contribution in [3.8, 4) is 23.0 Å². The van der Waals surface area contributed by atoms with Crippen LogP contribution in [0.25, 0.3) is 11.5 Å². The van der Waals surface area contributed by atoms with Gasteiger partial charge in [0.15, 0.2) is 11.5 Å². The van der Waals surface area contributed by atoms with Gasteiger partial charge in [0.05, 0.1) is 7.11 Å². The summed E-state index contributed by atoms with van der Waals surface area (Å²) in [5.41, 5.74) is 1.99. The number of aldehydes is 1. The van der Waals surface area contributed by atoms with Crippen LogP contribution in [0.4, 0.5) is 0 Å². The summed E-state index contributed by atoms with van der Waals surface area (Å²) in [6.45, 7) is 0.216. The van der Waals surface area contributed by atoms with Crippen molar-refractivity contribution in [3.05, 3.63) is 65.0 Å². The van der Waals surface area contributed by atoms with E-state index in [0.29, 0.717) is 33.7 Å². The van der Waals surface area contributed by atoms with Crippen LogP contribution in [0, 0.1) is 0 Å². The average Bonchev–Trinajstić information content (AvgIpc) is 3.09. The molecule has 122 valence electrons. The highest BCUT2D eigenvalue weighted by Gasteiger charge is 2.10. The first kappa shape index (κ1) is 16.1. The van der Waals surface area contributed by atoms with E-state index in [1.807, 2.05) is 12.1 Å². The average molecular weight is 344 g/mol. The quantitative estimate of drug-likeness (QED) is 0.621. The first-order valence-electron chi connectivity index (χ1n) is 7.16. The van der Waals surface area contributed by atoms with E-state index in [1.54, 1.807) is 30.3 Å². The molecule has 0 aliphatic carbocycles. The molecule has 0 amide bonds. The molecule has 6 heteroatoms. The number of hydrogen-bond acceptors (Lipinski definition) is 5. The van der Waals surface area contributed by atoms with Gasteiger partial charge in [-0.2, -0.15) is 0 Å². The number of ether oxygens (including phenoxy) is 2. The van der Waals surface area contributed by atoms with Crippen LogP contribution in [-0.2, 0) is 6.61 Å². The second-order valence-electron chi connectivity index (χ2n) is 4.97. The highest BCUT2D eigenvalue weighted by Crippen LogP contribution is 2.28. The number of benzene rings is 2. The summed E-state index contributed by atoms with van der Waals surface area (Å²) in [7, 11) is 1.52. The molecule has 0 bridgehead atoms. The molecule has 0 atom stereocenters. The molecule has 0 aliphatic rings. The van der Waals surface area contributed by atoms with Crippen molar-refractivity contribution < 1.29 is 18.7 Å². The molecule has 1 aromatic heterocycles. The van der Waals surface area contributed by atoms with Crippen LogP contribution in [0.5, 0.6) is 11.5 Å². The molecule has 24 heavy (non-hydrogen) atoms. The molecule has 1 heterocycles. The maximum Gasteiger partial charge on any atom is 0.226 e. The highest BCUT2D eigenvalue weighted by molar-refractivity contribution is 6.30. The second kappa shape index (κ2) is 7.19. The number of carbonyl (C=O) groups is 1. The van der Waals surface area contributed by atoms with Crippen molar-refractivity contribution in [2.24, 2.45) is 0 Å². The lowest BCUT2D eigenvalue weighted by atomic mass is 10.2. The smallest absolute Gasteiger partial charge is 0.226 e. The molecule has 0 N–H and O–H groups in total. The molecule has 0 saturated carbocycles. The molecule has 0 aliphatic heterocycles. The minimum Gasteiger partial charge on any atom is -0.493 e. The van der Waals surface area contributed by atoms with Gasteiger partial charge in [-0.3, -0.25) is 4.79 Å². The van der Waals surface area contributed by atoms with Gasteiger partial charge in [0.25, 0.3) is 0 Å². The predicted molar refractivity (Wildman–Crippen MR) is 89.7 cm³/mol. The summed E-state index contributed by atoms with van der Waals surface area (Å²) in [5, 5.41) is 0.653. The van der Waals surface area contributed by atoms with Gasteiger partial charge in [0.2, 0.25) is 5.89 Å². The summed E-state index contributed by atoms with van der Waals surface area (Å²) in [6.07, 6.45) is 2.29. The fourth-order valence-electron chi connectivity index (χ4n) is 2.13. The van der Waals surface area contributed by atoms with E-state index in [2.05, 4.69) is 4.98 Å². The zero-order chi connectivity index (χ0) is 16.9. The SMILES string of the molecule is COc1cc(C=O)ccc1OCc1coc(-c2ccc(Cl)cc2)n1. The van der Waals surface area contributed by atoms with Crippen molar-refractivity contribution >= 4 is 17.9 Å². The predicted octanol–water partition coefficient (Wildman–Crippen LogP) is 4.40. The molecule has 3 aromatic rings. The molecule has 0 unspecified atom stereocenters. The second-order valence-corrected chi connectivity index (χ2v) is 5.40. The van der Waals surface area contributed by atoms with E-state index in [1.165, 1.54) is 13.4 Å². The molecular weight excluding hydrogens is 330 g/mol. The van der Waals surface area contributed by atoms with Gasteiger partial charge < -0.3 is 13.9 Å². The van der Waals surface area contributed by atoms with Gasteiger partial charge in [-0.15, -0.1) is 0 Å². The third-order valence-corrected chi connectivity index (χ3v) is 3.59. The van der Waals surface area contributed by atoms with Crippen molar-refractivity contribution in [2.45, 2.75) is 6.61 Å². The molecule has 3 rings (SSSR count). The van der Waals surface area contributed by atoms with Gasteiger partial charge in [0.1, 0.15) is 24.9 Å². The number of halogens is 1. The Morgan fingerprint density at radius 1 is 1.17 bits per heavy atom. The fraction of sp³-hybridized carbons (Fsp3) is 0.111. The van der Waals surface area contributed by atoms with Crippen LogP contribution in [0.15, 0.2) is 53.1 Å². The van der Waals surface area contributed by atoms with Crippen LogP contribution >= 0.6 is 11.6 Å². The van der Waals surface area contributed by atoms with Crippen LogP contribution in [0.3, 0.4) is 0 Å². The lowest BCUT2D eigenvalue weighted by molar-refractivity contribution is 0.112. The van der Waals surface area contributed by atoms with Crippen LogP contribution in [-0.4, -0.2) is 18.4 Å². The Labute approximate surface area is 143 Å². The Balaban J connectivity index is 1.71. The molecule has 0 saturated heterocycles. The van der Waals surface area contributed by atoms with E-state index in [-0.39, 0.29) is 6.61 Å². The fourth-order valence-corrected chi connectivity index (χ4v) is 2.25. The highest BCUT2D eigenvalue weighted by atomic mass is 35.5. The Morgan fingerprint density at radius 2 is 1.96 bits per heavy atom. The van der Waals surface area contributed by atoms with Crippen LogP contribution < -0.4 is 9.47 Å². The molecule has 0 fully saturated rings. The van der Waals surface area contributed by atoms with Gasteiger partial charge >= 0.3 is 0 Å². The summed E-state index contributed by atoms with van der Waals surface area (Å²) in [4.78, 5) is 15.2. The monoisotopic (exact) mass is 343 g/mol. The molecule has 0 spiro atoms. The van der Waals surface area contributed by atoms with Crippen LogP contribution in [0.2, 0.25) is 5.02 Å².